The highest BCUT2D eigenvalue weighted by atomic mass is 19.4. The van der Waals surface area contributed by atoms with Gasteiger partial charge in [0.05, 0.1) is 17.2 Å². The number of anilines is 1. The quantitative estimate of drug-likeness (QED) is 0.386. The number of carbonyl (C=O) groups excluding carboxylic acids is 1. The van der Waals surface area contributed by atoms with E-state index in [4.69, 9.17) is 0 Å². The lowest BCUT2D eigenvalue weighted by Gasteiger charge is -2.30. The van der Waals surface area contributed by atoms with Crippen molar-refractivity contribution in [3.8, 4) is 5.75 Å². The number of hydrogen-bond acceptors (Lipinski definition) is 4. The number of ether oxygens (including phenoxy) is 1. The first-order valence-electron chi connectivity index (χ1n) is 11.3. The normalized spacial score (nSPS) is 18.9. The molecule has 0 radical (unpaired) electrons. The van der Waals surface area contributed by atoms with E-state index in [1.54, 1.807) is 6.20 Å². The fourth-order valence-electron chi connectivity index (χ4n) is 4.49. The Morgan fingerprint density at radius 3 is 2.49 bits per heavy atom. The first-order valence-corrected chi connectivity index (χ1v) is 11.3. The number of hydrogen-bond donors (Lipinski definition) is 1. The second-order valence-corrected chi connectivity index (χ2v) is 9.07. The molecule has 3 aromatic rings. The number of nitrogens with zero attached hydrogens (tertiary/aromatic N) is 3. The number of rotatable bonds is 6. The molecule has 6 nitrogen and oxygen atoms in total. The zero-order chi connectivity index (χ0) is 25.3. The SMILES string of the molecule is CC(C)[C@H]1CC[C@H](n2cc3cc(NC(=O)c4cccc(C(F)(F)F)n4)c(OC(F)F)cc3n2)CC1. The molecule has 11 heteroatoms. The number of halogens is 5. The van der Waals surface area contributed by atoms with Crippen LogP contribution in [0.1, 0.15) is 61.8 Å². The Kier molecular flexibility index (Phi) is 6.95. The molecule has 4 rings (SSSR count). The average Bonchev–Trinajstić information content (AvgIpc) is 3.21. The maximum absolute atomic E-state index is 13.0. The minimum atomic E-state index is -4.73. The van der Waals surface area contributed by atoms with Crippen molar-refractivity contribution in [2.45, 2.75) is 58.4 Å². The number of aromatic nitrogens is 3. The van der Waals surface area contributed by atoms with Crippen LogP contribution in [0.5, 0.6) is 5.75 Å². The fourth-order valence-corrected chi connectivity index (χ4v) is 4.49. The minimum Gasteiger partial charge on any atom is -0.433 e. The van der Waals surface area contributed by atoms with Gasteiger partial charge in [0.25, 0.3) is 5.91 Å². The van der Waals surface area contributed by atoms with Gasteiger partial charge in [-0.15, -0.1) is 0 Å². The number of nitrogens with one attached hydrogen (secondary N) is 1. The average molecular weight is 496 g/mol. The molecule has 2 heterocycles. The van der Waals surface area contributed by atoms with Crippen LogP contribution in [0.25, 0.3) is 10.9 Å². The summed E-state index contributed by atoms with van der Waals surface area (Å²) < 4.78 is 71.3. The third kappa shape index (κ3) is 5.71. The molecule has 1 aromatic carbocycles. The number of benzene rings is 1. The molecule has 1 fully saturated rings. The van der Waals surface area contributed by atoms with Crippen LogP contribution in [0, 0.1) is 11.8 Å². The highest BCUT2D eigenvalue weighted by molar-refractivity contribution is 6.05. The Morgan fingerprint density at radius 1 is 1.14 bits per heavy atom. The van der Waals surface area contributed by atoms with E-state index in [0.717, 1.165) is 43.9 Å². The summed E-state index contributed by atoms with van der Waals surface area (Å²) in [5.41, 5.74) is -1.47. The van der Waals surface area contributed by atoms with Crippen molar-refractivity contribution in [2.24, 2.45) is 11.8 Å². The van der Waals surface area contributed by atoms with Crippen molar-refractivity contribution in [1.82, 2.24) is 14.8 Å². The highest BCUT2D eigenvalue weighted by Gasteiger charge is 2.33. The van der Waals surface area contributed by atoms with Crippen LogP contribution in [0.4, 0.5) is 27.6 Å². The lowest BCUT2D eigenvalue weighted by molar-refractivity contribution is -0.141. The third-order valence-electron chi connectivity index (χ3n) is 6.42. The van der Waals surface area contributed by atoms with Gasteiger partial charge in [0.1, 0.15) is 11.4 Å². The van der Waals surface area contributed by atoms with Gasteiger partial charge in [-0.1, -0.05) is 19.9 Å². The monoisotopic (exact) mass is 496 g/mol. The van der Waals surface area contributed by atoms with Crippen molar-refractivity contribution in [1.29, 1.82) is 0 Å². The number of alkyl halides is 5. The van der Waals surface area contributed by atoms with Crippen LogP contribution in [0.2, 0.25) is 0 Å². The van der Waals surface area contributed by atoms with Gasteiger partial charge in [-0.05, 0) is 55.7 Å². The van der Waals surface area contributed by atoms with Crippen LogP contribution in [0.3, 0.4) is 0 Å². The van der Waals surface area contributed by atoms with Crippen molar-refractivity contribution >= 4 is 22.5 Å². The summed E-state index contributed by atoms with van der Waals surface area (Å²) in [5.74, 6) is -0.0664. The lowest BCUT2D eigenvalue weighted by atomic mass is 9.80. The lowest BCUT2D eigenvalue weighted by Crippen LogP contribution is -2.21. The Bertz CT molecular complexity index is 1200. The van der Waals surface area contributed by atoms with E-state index in [-0.39, 0.29) is 17.5 Å². The molecular weight excluding hydrogens is 471 g/mol. The molecule has 0 aliphatic heterocycles. The molecule has 0 saturated heterocycles. The summed E-state index contributed by atoms with van der Waals surface area (Å²) in [6.45, 7) is 1.24. The van der Waals surface area contributed by atoms with E-state index >= 15 is 0 Å². The van der Waals surface area contributed by atoms with Gasteiger partial charge in [-0.25, -0.2) is 4.98 Å². The van der Waals surface area contributed by atoms with Gasteiger partial charge < -0.3 is 10.1 Å². The first kappa shape index (κ1) is 24.9. The Morgan fingerprint density at radius 2 is 1.86 bits per heavy atom. The molecule has 0 spiro atoms. The van der Waals surface area contributed by atoms with E-state index in [0.29, 0.717) is 22.7 Å². The largest absolute Gasteiger partial charge is 0.433 e. The van der Waals surface area contributed by atoms with Gasteiger partial charge in [0.15, 0.2) is 5.75 Å². The molecule has 0 unspecified atom stereocenters. The van der Waals surface area contributed by atoms with Gasteiger partial charge in [-0.2, -0.15) is 27.1 Å². The second-order valence-electron chi connectivity index (χ2n) is 9.07. The van der Waals surface area contributed by atoms with Gasteiger partial charge >= 0.3 is 12.8 Å². The molecule has 1 amide bonds. The van der Waals surface area contributed by atoms with Crippen LogP contribution < -0.4 is 10.1 Å². The number of amides is 1. The Hall–Kier alpha value is -3.24. The number of carbonyl (C=O) groups is 1. The molecule has 1 saturated carbocycles. The zero-order valence-corrected chi connectivity index (χ0v) is 19.1. The predicted octanol–water partition coefficient (Wildman–Crippen LogP) is 6.69. The zero-order valence-electron chi connectivity index (χ0n) is 19.1. The van der Waals surface area contributed by atoms with Crippen LogP contribution in [-0.2, 0) is 6.18 Å². The number of pyridine rings is 1. The van der Waals surface area contributed by atoms with E-state index in [2.05, 4.69) is 34.0 Å². The highest BCUT2D eigenvalue weighted by Crippen LogP contribution is 2.37. The molecule has 0 atom stereocenters. The van der Waals surface area contributed by atoms with Crippen LogP contribution >= 0.6 is 0 Å². The predicted molar refractivity (Wildman–Crippen MR) is 119 cm³/mol. The minimum absolute atomic E-state index is 0.120. The molecule has 0 bridgehead atoms. The summed E-state index contributed by atoms with van der Waals surface area (Å²) in [6, 6.07) is 5.75. The molecule has 1 aliphatic carbocycles. The number of fused-ring (bicyclic) bond motifs is 1. The van der Waals surface area contributed by atoms with Crippen LogP contribution in [0.15, 0.2) is 36.5 Å². The second kappa shape index (κ2) is 9.79. The molecule has 35 heavy (non-hydrogen) atoms. The standard InChI is InChI=1S/C24H25F5N4O2/c1-13(2)14-6-8-16(9-7-14)33-12-15-10-19(20(35-23(25)26)11-18(15)32-33)31-22(34)17-4-3-5-21(30-17)24(27,28)29/h3-5,10-14,16,23H,6-9H2,1-2H3,(H,31,34)/t14-,16-. The van der Waals surface area contributed by atoms with E-state index < -0.39 is 30.1 Å². The van der Waals surface area contributed by atoms with Crippen molar-refractivity contribution < 1.29 is 31.5 Å². The third-order valence-corrected chi connectivity index (χ3v) is 6.42. The van der Waals surface area contributed by atoms with Crippen molar-refractivity contribution in [3.05, 3.63) is 47.9 Å². The first-order chi connectivity index (χ1) is 16.5. The maximum Gasteiger partial charge on any atom is 0.433 e. The molecule has 188 valence electrons. The molecular formula is C24H25F5N4O2. The Balaban J connectivity index is 1.61. The molecule has 1 N–H and O–H groups in total. The summed E-state index contributed by atoms with van der Waals surface area (Å²) >= 11 is 0. The van der Waals surface area contributed by atoms with Crippen LogP contribution in [-0.4, -0.2) is 27.3 Å². The Labute approximate surface area is 198 Å². The fraction of sp³-hybridized carbons (Fsp3) is 0.458. The maximum atomic E-state index is 13.0. The van der Waals surface area contributed by atoms with Gasteiger partial charge in [0.2, 0.25) is 0 Å². The van der Waals surface area contributed by atoms with E-state index in [9.17, 15) is 26.7 Å². The smallest absolute Gasteiger partial charge is 0.433 e. The van der Waals surface area contributed by atoms with Crippen molar-refractivity contribution in [2.75, 3.05) is 5.32 Å². The summed E-state index contributed by atoms with van der Waals surface area (Å²) in [5, 5.41) is 7.45. The summed E-state index contributed by atoms with van der Waals surface area (Å²) in [6.07, 6.45) is 1.08. The van der Waals surface area contributed by atoms with Gasteiger partial charge in [-0.3, -0.25) is 9.48 Å². The van der Waals surface area contributed by atoms with E-state index in [1.807, 2.05) is 4.68 Å². The summed E-state index contributed by atoms with van der Waals surface area (Å²) in [7, 11) is 0. The molecule has 1 aliphatic rings. The van der Waals surface area contributed by atoms with Crippen molar-refractivity contribution in [3.63, 3.8) is 0 Å². The molecule has 2 aromatic heterocycles. The summed E-state index contributed by atoms with van der Waals surface area (Å²) in [4.78, 5) is 15.9. The van der Waals surface area contributed by atoms with E-state index in [1.165, 1.54) is 12.1 Å². The topological polar surface area (TPSA) is 69.0 Å². The van der Waals surface area contributed by atoms with Gasteiger partial charge in [0, 0.05) is 17.6 Å².